The summed E-state index contributed by atoms with van der Waals surface area (Å²) >= 11 is 0. The Morgan fingerprint density at radius 1 is 1.50 bits per heavy atom. The number of nitrogens with one attached hydrogen (secondary N) is 1. The molecule has 0 aromatic carbocycles. The van der Waals surface area contributed by atoms with Crippen molar-refractivity contribution in [2.24, 2.45) is 5.92 Å². The van der Waals surface area contributed by atoms with E-state index in [1.165, 1.54) is 31.5 Å². The molecular weight excluding hydrogens is 122 g/mol. The molecule has 10 heavy (non-hydrogen) atoms. The van der Waals surface area contributed by atoms with Crippen molar-refractivity contribution in [3.63, 3.8) is 0 Å². The maximum absolute atomic E-state index is 3.43. The van der Waals surface area contributed by atoms with E-state index in [0.717, 1.165) is 5.92 Å². The second-order valence-electron chi connectivity index (χ2n) is 3.05. The first-order valence-electron chi connectivity index (χ1n) is 4.07. The van der Waals surface area contributed by atoms with Crippen molar-refractivity contribution in [1.29, 1.82) is 0 Å². The molecule has 1 heteroatoms. The van der Waals surface area contributed by atoms with E-state index in [2.05, 4.69) is 23.5 Å². The Morgan fingerprint density at radius 2 is 2.50 bits per heavy atom. The fraction of sp³-hybridized carbons (Fsp3) is 0.556. The molecule has 0 bridgehead atoms. The van der Waals surface area contributed by atoms with Gasteiger partial charge < -0.3 is 5.32 Å². The highest BCUT2D eigenvalue weighted by molar-refractivity contribution is 5.20. The van der Waals surface area contributed by atoms with Gasteiger partial charge in [-0.15, -0.1) is 0 Å². The maximum Gasteiger partial charge on any atom is 0.0144 e. The predicted octanol–water partition coefficient (Wildman–Crippen LogP) is 1.83. The molecule has 0 amide bonds. The van der Waals surface area contributed by atoms with Crippen LogP contribution in [0.4, 0.5) is 0 Å². The first-order valence-corrected chi connectivity index (χ1v) is 4.07. The summed E-state index contributed by atoms with van der Waals surface area (Å²) in [6, 6.07) is 0. The number of allylic oxidation sites excluding steroid dienone is 4. The van der Waals surface area contributed by atoms with Crippen molar-refractivity contribution in [2.45, 2.75) is 19.3 Å². The smallest absolute Gasteiger partial charge is 0.0144 e. The van der Waals surface area contributed by atoms with E-state index in [0.29, 0.717) is 0 Å². The van der Waals surface area contributed by atoms with Crippen LogP contribution in [0.25, 0.3) is 0 Å². The van der Waals surface area contributed by atoms with Gasteiger partial charge in [0.1, 0.15) is 0 Å². The van der Waals surface area contributed by atoms with E-state index in [1.54, 1.807) is 0 Å². The van der Waals surface area contributed by atoms with Gasteiger partial charge in [0, 0.05) is 18.2 Å². The summed E-state index contributed by atoms with van der Waals surface area (Å²) < 4.78 is 0. The van der Waals surface area contributed by atoms with Crippen LogP contribution in [-0.4, -0.2) is 6.54 Å². The lowest BCUT2D eigenvalue weighted by Gasteiger charge is -2.27. The maximum atomic E-state index is 3.43. The van der Waals surface area contributed by atoms with Gasteiger partial charge >= 0.3 is 0 Å². The third kappa shape index (κ3) is 0.962. The molecule has 1 nitrogen and oxygen atoms in total. The van der Waals surface area contributed by atoms with Crippen LogP contribution in [0.5, 0.6) is 0 Å². The summed E-state index contributed by atoms with van der Waals surface area (Å²) in [5, 5.41) is 3.43. The molecule has 1 N–H and O–H groups in total. The minimum atomic E-state index is 0.818. The molecule has 1 aliphatic heterocycles. The van der Waals surface area contributed by atoms with E-state index in [9.17, 15) is 0 Å². The average molecular weight is 135 g/mol. The first-order chi connectivity index (χ1) is 4.97. The van der Waals surface area contributed by atoms with Crippen LogP contribution >= 0.6 is 0 Å². The molecule has 0 spiro atoms. The Labute approximate surface area is 61.8 Å². The highest BCUT2D eigenvalue weighted by atomic mass is 14.9. The summed E-state index contributed by atoms with van der Waals surface area (Å²) in [5.74, 6) is 0.818. The molecule has 0 aromatic heterocycles. The van der Waals surface area contributed by atoms with Crippen LogP contribution in [-0.2, 0) is 0 Å². The van der Waals surface area contributed by atoms with E-state index in [1.807, 2.05) is 0 Å². The monoisotopic (exact) mass is 135 g/mol. The highest BCUT2D eigenvalue weighted by Crippen LogP contribution is 2.25. The lowest BCUT2D eigenvalue weighted by Crippen LogP contribution is -2.28. The van der Waals surface area contributed by atoms with Crippen LogP contribution in [0.2, 0.25) is 0 Å². The summed E-state index contributed by atoms with van der Waals surface area (Å²) in [5.41, 5.74) is 1.47. The molecular formula is C9H13N. The number of fused-ring (bicyclic) bond motifs is 1. The highest BCUT2D eigenvalue weighted by Gasteiger charge is 2.17. The molecule has 1 fully saturated rings. The van der Waals surface area contributed by atoms with Crippen molar-refractivity contribution < 1.29 is 0 Å². The van der Waals surface area contributed by atoms with Gasteiger partial charge in [-0.05, 0) is 25.3 Å². The van der Waals surface area contributed by atoms with Gasteiger partial charge in [-0.3, -0.25) is 0 Å². The molecule has 1 heterocycles. The Morgan fingerprint density at radius 3 is 3.40 bits per heavy atom. The molecule has 2 aliphatic rings. The second-order valence-corrected chi connectivity index (χ2v) is 3.05. The molecule has 0 saturated carbocycles. The lowest BCUT2D eigenvalue weighted by molar-refractivity contribution is 0.443. The fourth-order valence-electron chi connectivity index (χ4n) is 1.74. The Bertz CT molecular complexity index is 179. The van der Waals surface area contributed by atoms with E-state index < -0.39 is 0 Å². The summed E-state index contributed by atoms with van der Waals surface area (Å²) in [6.07, 6.45) is 10.6. The van der Waals surface area contributed by atoms with Gasteiger partial charge in [-0.25, -0.2) is 0 Å². The zero-order valence-electron chi connectivity index (χ0n) is 6.14. The van der Waals surface area contributed by atoms with Gasteiger partial charge in [-0.1, -0.05) is 12.2 Å². The SMILES string of the molecule is C1=CCC2CCCNC2=C1. The average Bonchev–Trinajstić information content (AvgIpc) is 2.05. The normalized spacial score (nSPS) is 30.4. The van der Waals surface area contributed by atoms with Gasteiger partial charge in [0.2, 0.25) is 0 Å². The summed E-state index contributed by atoms with van der Waals surface area (Å²) in [4.78, 5) is 0. The van der Waals surface area contributed by atoms with Gasteiger partial charge in [0.25, 0.3) is 0 Å². The van der Waals surface area contributed by atoms with Gasteiger partial charge in [0.05, 0.1) is 0 Å². The summed E-state index contributed by atoms with van der Waals surface area (Å²) in [7, 11) is 0. The molecule has 54 valence electrons. The Hall–Kier alpha value is -0.720. The van der Waals surface area contributed by atoms with Crippen molar-refractivity contribution in [3.05, 3.63) is 23.9 Å². The predicted molar refractivity (Wildman–Crippen MR) is 42.6 cm³/mol. The standard InChI is InChI=1S/C9H13N/c1-2-6-9-8(4-1)5-3-7-10-9/h1-2,6,8,10H,3-5,7H2. The second kappa shape index (κ2) is 2.49. The molecule has 1 saturated heterocycles. The zero-order valence-corrected chi connectivity index (χ0v) is 6.14. The molecule has 2 rings (SSSR count). The molecule has 1 unspecified atom stereocenters. The van der Waals surface area contributed by atoms with Crippen LogP contribution in [0, 0.1) is 5.92 Å². The van der Waals surface area contributed by atoms with Crippen molar-refractivity contribution >= 4 is 0 Å². The molecule has 1 aliphatic carbocycles. The molecule has 0 aromatic rings. The topological polar surface area (TPSA) is 12.0 Å². The molecule has 0 radical (unpaired) electrons. The number of piperidine rings is 1. The minimum absolute atomic E-state index is 0.818. The lowest BCUT2D eigenvalue weighted by atomic mass is 9.89. The number of hydrogen-bond acceptors (Lipinski definition) is 1. The largest absolute Gasteiger partial charge is 0.388 e. The zero-order chi connectivity index (χ0) is 6.81. The molecule has 1 atom stereocenters. The van der Waals surface area contributed by atoms with Crippen LogP contribution < -0.4 is 5.32 Å². The first kappa shape index (κ1) is 6.02. The van der Waals surface area contributed by atoms with Crippen molar-refractivity contribution in [1.82, 2.24) is 5.32 Å². The van der Waals surface area contributed by atoms with Crippen LogP contribution in [0.15, 0.2) is 23.9 Å². The number of rotatable bonds is 0. The van der Waals surface area contributed by atoms with E-state index in [4.69, 9.17) is 0 Å². The van der Waals surface area contributed by atoms with Crippen LogP contribution in [0.1, 0.15) is 19.3 Å². The van der Waals surface area contributed by atoms with Gasteiger partial charge in [-0.2, -0.15) is 0 Å². The third-order valence-electron chi connectivity index (χ3n) is 2.33. The minimum Gasteiger partial charge on any atom is -0.388 e. The van der Waals surface area contributed by atoms with Crippen molar-refractivity contribution in [3.8, 4) is 0 Å². The Kier molecular flexibility index (Phi) is 1.50. The van der Waals surface area contributed by atoms with Crippen molar-refractivity contribution in [2.75, 3.05) is 6.54 Å². The van der Waals surface area contributed by atoms with E-state index >= 15 is 0 Å². The Balaban J connectivity index is 2.14. The number of hydrogen-bond donors (Lipinski definition) is 1. The third-order valence-corrected chi connectivity index (χ3v) is 2.33. The fourth-order valence-corrected chi connectivity index (χ4v) is 1.74. The quantitative estimate of drug-likeness (QED) is 0.534. The van der Waals surface area contributed by atoms with Gasteiger partial charge in [0.15, 0.2) is 0 Å². The van der Waals surface area contributed by atoms with Crippen LogP contribution in [0.3, 0.4) is 0 Å². The van der Waals surface area contributed by atoms with E-state index in [-0.39, 0.29) is 0 Å². The summed E-state index contributed by atoms with van der Waals surface area (Å²) in [6.45, 7) is 1.18.